The van der Waals surface area contributed by atoms with Crippen molar-refractivity contribution >= 4 is 5.91 Å². The summed E-state index contributed by atoms with van der Waals surface area (Å²) >= 11 is 0. The number of nitrogens with zero attached hydrogens (tertiary/aromatic N) is 1. The highest BCUT2D eigenvalue weighted by molar-refractivity contribution is 5.77. The highest BCUT2D eigenvalue weighted by Gasteiger charge is 2.04. The number of amides is 1. The summed E-state index contributed by atoms with van der Waals surface area (Å²) < 4.78 is 0. The average Bonchev–Trinajstić information content (AvgIpc) is 2.02. The molecular weight excluding hydrogens is 172 g/mol. The van der Waals surface area contributed by atoms with Crippen molar-refractivity contribution < 1.29 is 15.0 Å². The van der Waals surface area contributed by atoms with Crippen LogP contribution in [-0.4, -0.2) is 60.9 Å². The van der Waals surface area contributed by atoms with Crippen LogP contribution < -0.4 is 5.32 Å². The van der Waals surface area contributed by atoms with Crippen LogP contribution in [0.15, 0.2) is 0 Å². The Bertz CT molecular complexity index is 150. The molecule has 1 amide bonds. The Balaban J connectivity index is 3.37. The van der Waals surface area contributed by atoms with Crippen molar-refractivity contribution in [2.45, 2.75) is 12.5 Å². The number of hydrogen-bond acceptors (Lipinski definition) is 4. The minimum absolute atomic E-state index is 0.0739. The number of carbonyl (C=O) groups is 1. The van der Waals surface area contributed by atoms with E-state index in [1.54, 1.807) is 4.90 Å². The smallest absolute Gasteiger partial charge is 0.234 e. The molecule has 0 aromatic carbocycles. The molecule has 5 nitrogen and oxygen atoms in total. The Morgan fingerprint density at radius 3 is 2.62 bits per heavy atom. The number of aliphatic hydroxyl groups excluding tert-OH is 2. The molecule has 5 heteroatoms. The van der Waals surface area contributed by atoms with Gasteiger partial charge in [-0.3, -0.25) is 4.79 Å². The van der Waals surface area contributed by atoms with Gasteiger partial charge < -0.3 is 20.4 Å². The van der Waals surface area contributed by atoms with E-state index in [0.717, 1.165) is 0 Å². The van der Waals surface area contributed by atoms with Gasteiger partial charge in [0.1, 0.15) is 0 Å². The van der Waals surface area contributed by atoms with E-state index >= 15 is 0 Å². The second-order valence-electron chi connectivity index (χ2n) is 3.21. The number of rotatable bonds is 6. The van der Waals surface area contributed by atoms with Crippen molar-refractivity contribution in [2.24, 2.45) is 0 Å². The molecule has 0 fully saturated rings. The lowest BCUT2D eigenvalue weighted by atomic mass is 10.3. The second kappa shape index (κ2) is 6.82. The molecule has 0 bridgehead atoms. The van der Waals surface area contributed by atoms with E-state index in [-0.39, 0.29) is 12.5 Å². The first-order valence-electron chi connectivity index (χ1n) is 4.26. The van der Waals surface area contributed by atoms with Crippen molar-refractivity contribution in [3.63, 3.8) is 0 Å². The lowest BCUT2D eigenvalue weighted by Gasteiger charge is -2.11. The van der Waals surface area contributed by atoms with E-state index in [2.05, 4.69) is 5.32 Å². The highest BCUT2D eigenvalue weighted by atomic mass is 16.3. The van der Waals surface area contributed by atoms with Crippen molar-refractivity contribution in [1.29, 1.82) is 0 Å². The number of hydrogen-bond donors (Lipinski definition) is 3. The number of likely N-dealkylation sites (N-methyl/N-ethyl adjacent to an activating group) is 1. The van der Waals surface area contributed by atoms with Gasteiger partial charge in [-0.1, -0.05) is 0 Å². The standard InChI is InChI=1S/C8H18N2O3/c1-10(2)5-8(13)9-4-3-7(12)6-11/h7,11-12H,3-6H2,1-2H3,(H,9,13). The number of carbonyl (C=O) groups excluding carboxylic acids is 1. The van der Waals surface area contributed by atoms with Crippen LogP contribution in [-0.2, 0) is 4.79 Å². The van der Waals surface area contributed by atoms with Crippen LogP contribution in [0.3, 0.4) is 0 Å². The van der Waals surface area contributed by atoms with E-state index in [0.29, 0.717) is 19.5 Å². The van der Waals surface area contributed by atoms with Crippen LogP contribution in [0, 0.1) is 0 Å². The molecule has 1 unspecified atom stereocenters. The van der Waals surface area contributed by atoms with Gasteiger partial charge in [0.15, 0.2) is 0 Å². The second-order valence-corrected chi connectivity index (χ2v) is 3.21. The number of nitrogens with one attached hydrogen (secondary N) is 1. The first kappa shape index (κ1) is 12.3. The molecule has 0 saturated heterocycles. The normalized spacial score (nSPS) is 13.0. The maximum Gasteiger partial charge on any atom is 0.234 e. The van der Waals surface area contributed by atoms with Gasteiger partial charge in [0, 0.05) is 6.54 Å². The average molecular weight is 190 g/mol. The van der Waals surface area contributed by atoms with Crippen molar-refractivity contribution in [2.75, 3.05) is 33.8 Å². The minimum Gasteiger partial charge on any atom is -0.394 e. The molecule has 0 aliphatic carbocycles. The monoisotopic (exact) mass is 190 g/mol. The highest BCUT2D eigenvalue weighted by Crippen LogP contribution is 1.87. The lowest BCUT2D eigenvalue weighted by Crippen LogP contribution is -2.35. The first-order chi connectivity index (χ1) is 6.06. The molecular formula is C8H18N2O3. The summed E-state index contributed by atoms with van der Waals surface area (Å²) in [5.74, 6) is -0.0739. The van der Waals surface area contributed by atoms with Gasteiger partial charge in [-0.25, -0.2) is 0 Å². The summed E-state index contributed by atoms with van der Waals surface area (Å²) in [6.45, 7) is 0.479. The largest absolute Gasteiger partial charge is 0.394 e. The van der Waals surface area contributed by atoms with E-state index < -0.39 is 6.10 Å². The van der Waals surface area contributed by atoms with Crippen LogP contribution >= 0.6 is 0 Å². The quantitative estimate of drug-likeness (QED) is 0.472. The molecule has 13 heavy (non-hydrogen) atoms. The summed E-state index contributed by atoms with van der Waals surface area (Å²) in [5, 5.41) is 20.0. The maximum absolute atomic E-state index is 11.0. The first-order valence-corrected chi connectivity index (χ1v) is 4.26. The van der Waals surface area contributed by atoms with E-state index in [9.17, 15) is 4.79 Å². The fraction of sp³-hybridized carbons (Fsp3) is 0.875. The van der Waals surface area contributed by atoms with Gasteiger partial charge in [-0.05, 0) is 20.5 Å². The summed E-state index contributed by atoms with van der Waals surface area (Å²) in [6.07, 6.45) is -0.352. The van der Waals surface area contributed by atoms with Crippen LogP contribution in [0.5, 0.6) is 0 Å². The van der Waals surface area contributed by atoms with Gasteiger partial charge in [0.2, 0.25) is 5.91 Å². The van der Waals surface area contributed by atoms with Crippen LogP contribution in [0.1, 0.15) is 6.42 Å². The third-order valence-corrected chi connectivity index (χ3v) is 1.47. The molecule has 0 radical (unpaired) electrons. The fourth-order valence-corrected chi connectivity index (χ4v) is 0.813. The van der Waals surface area contributed by atoms with Gasteiger partial charge in [-0.15, -0.1) is 0 Å². The fourth-order valence-electron chi connectivity index (χ4n) is 0.813. The molecule has 0 aromatic rings. The van der Waals surface area contributed by atoms with Gasteiger partial charge in [0.05, 0.1) is 19.3 Å². The van der Waals surface area contributed by atoms with Crippen molar-refractivity contribution in [3.8, 4) is 0 Å². The zero-order valence-electron chi connectivity index (χ0n) is 8.16. The molecule has 0 heterocycles. The van der Waals surface area contributed by atoms with Gasteiger partial charge in [0.25, 0.3) is 0 Å². The van der Waals surface area contributed by atoms with Crippen LogP contribution in [0.2, 0.25) is 0 Å². The molecule has 0 aliphatic rings. The molecule has 0 aliphatic heterocycles. The summed E-state index contributed by atoms with van der Waals surface area (Å²) in [7, 11) is 3.62. The Kier molecular flexibility index (Phi) is 6.48. The van der Waals surface area contributed by atoms with Crippen LogP contribution in [0.25, 0.3) is 0 Å². The summed E-state index contributed by atoms with van der Waals surface area (Å²) in [5.41, 5.74) is 0. The van der Waals surface area contributed by atoms with Gasteiger partial charge in [-0.2, -0.15) is 0 Å². The maximum atomic E-state index is 11.0. The molecule has 3 N–H and O–H groups in total. The topological polar surface area (TPSA) is 72.8 Å². The van der Waals surface area contributed by atoms with Gasteiger partial charge >= 0.3 is 0 Å². The Labute approximate surface area is 78.4 Å². The molecule has 0 spiro atoms. The zero-order valence-corrected chi connectivity index (χ0v) is 8.16. The lowest BCUT2D eigenvalue weighted by molar-refractivity contribution is -0.121. The van der Waals surface area contributed by atoms with E-state index in [4.69, 9.17) is 10.2 Å². The SMILES string of the molecule is CN(C)CC(=O)NCCC(O)CO. The molecule has 1 atom stereocenters. The Hall–Kier alpha value is -0.650. The van der Waals surface area contributed by atoms with E-state index in [1.807, 2.05) is 14.1 Å². The third kappa shape index (κ3) is 7.70. The predicted molar refractivity (Wildman–Crippen MR) is 49.3 cm³/mol. The summed E-state index contributed by atoms with van der Waals surface area (Å²) in [4.78, 5) is 12.8. The molecule has 0 rings (SSSR count). The molecule has 78 valence electrons. The number of aliphatic hydroxyl groups is 2. The van der Waals surface area contributed by atoms with Crippen molar-refractivity contribution in [3.05, 3.63) is 0 Å². The Morgan fingerprint density at radius 2 is 2.15 bits per heavy atom. The third-order valence-electron chi connectivity index (χ3n) is 1.47. The van der Waals surface area contributed by atoms with Crippen LogP contribution in [0.4, 0.5) is 0 Å². The molecule has 0 saturated carbocycles. The molecule has 0 aromatic heterocycles. The zero-order chi connectivity index (χ0) is 10.3. The summed E-state index contributed by atoms with van der Waals surface area (Å²) in [6, 6.07) is 0. The van der Waals surface area contributed by atoms with Crippen molar-refractivity contribution in [1.82, 2.24) is 10.2 Å². The van der Waals surface area contributed by atoms with E-state index in [1.165, 1.54) is 0 Å². The Morgan fingerprint density at radius 1 is 1.54 bits per heavy atom. The minimum atomic E-state index is -0.736. The predicted octanol–water partition coefficient (Wildman–Crippen LogP) is -1.59.